The second-order valence-electron chi connectivity index (χ2n) is 13.0. The van der Waals surface area contributed by atoms with Crippen molar-refractivity contribution in [3.63, 3.8) is 0 Å². The smallest absolute Gasteiger partial charge is 0.223 e. The van der Waals surface area contributed by atoms with Gasteiger partial charge in [-0.25, -0.2) is 4.98 Å². The van der Waals surface area contributed by atoms with E-state index in [0.717, 1.165) is 99.6 Å². The Morgan fingerprint density at radius 2 is 1.80 bits per heavy atom. The Bertz CT molecular complexity index is 1830. The van der Waals surface area contributed by atoms with Gasteiger partial charge in [-0.05, 0) is 80.3 Å². The van der Waals surface area contributed by atoms with Crippen molar-refractivity contribution in [1.82, 2.24) is 19.8 Å². The van der Waals surface area contributed by atoms with E-state index in [-0.39, 0.29) is 17.9 Å². The Kier molecular flexibility index (Phi) is 11.8. The number of nitrogens with one attached hydrogen (secondary N) is 2. The number of benzene rings is 3. The van der Waals surface area contributed by atoms with Gasteiger partial charge >= 0.3 is 0 Å². The monoisotopic (exact) mass is 664 g/mol. The number of H-pyrrole nitrogens is 1. The minimum Gasteiger partial charge on any atom is -0.488 e. The number of hydrogen-bond donors (Lipinski definition) is 2. The Hall–Kier alpha value is -4.66. The van der Waals surface area contributed by atoms with E-state index in [1.165, 1.54) is 0 Å². The molecule has 0 saturated heterocycles. The summed E-state index contributed by atoms with van der Waals surface area (Å²) in [5, 5.41) is 5.48. The number of hydrogen-bond acceptors (Lipinski definition) is 6. The number of aromatic nitrogens is 2. The summed E-state index contributed by atoms with van der Waals surface area (Å²) in [7, 11) is 1.91. The molecule has 0 bridgehead atoms. The maximum atomic E-state index is 12.9. The Labute approximate surface area is 291 Å². The molecule has 5 rings (SSSR count). The first-order valence-corrected chi connectivity index (χ1v) is 17.9. The molecule has 0 radical (unpaired) electrons. The molecule has 4 aromatic rings. The van der Waals surface area contributed by atoms with Gasteiger partial charge in [0.1, 0.15) is 18.2 Å². The summed E-state index contributed by atoms with van der Waals surface area (Å²) < 4.78 is 6.37. The molecule has 0 spiro atoms. The quantitative estimate of drug-likeness (QED) is 0.124. The van der Waals surface area contributed by atoms with E-state index in [1.807, 2.05) is 49.9 Å². The predicted molar refractivity (Wildman–Crippen MR) is 201 cm³/mol. The zero-order valence-electron chi connectivity index (χ0n) is 30.3. The van der Waals surface area contributed by atoms with E-state index < -0.39 is 0 Å². The first-order valence-electron chi connectivity index (χ1n) is 17.9. The van der Waals surface area contributed by atoms with Crippen molar-refractivity contribution in [2.24, 2.45) is 4.99 Å². The first kappa shape index (κ1) is 35.6. The number of amides is 2. The summed E-state index contributed by atoms with van der Waals surface area (Å²) in [4.78, 5) is 42.4. The summed E-state index contributed by atoms with van der Waals surface area (Å²) in [6.45, 7) is 14.6. The summed E-state index contributed by atoms with van der Waals surface area (Å²) in [6, 6.07) is 15.0. The number of ether oxygens (including phenoxy) is 1. The van der Waals surface area contributed by atoms with Gasteiger partial charge in [-0.2, -0.15) is 0 Å². The molecule has 0 aliphatic carbocycles. The average molecular weight is 665 g/mol. The highest BCUT2D eigenvalue weighted by Gasteiger charge is 2.23. The molecule has 2 amide bonds. The molecule has 49 heavy (non-hydrogen) atoms. The summed E-state index contributed by atoms with van der Waals surface area (Å²) in [5.41, 5.74) is 7.97. The molecule has 1 atom stereocenters. The van der Waals surface area contributed by atoms with E-state index in [4.69, 9.17) is 14.7 Å². The number of imidazole rings is 1. The molecule has 260 valence electrons. The highest BCUT2D eigenvalue weighted by molar-refractivity contribution is 6.03. The van der Waals surface area contributed by atoms with Gasteiger partial charge in [0, 0.05) is 60.9 Å². The summed E-state index contributed by atoms with van der Waals surface area (Å²) >= 11 is 0. The van der Waals surface area contributed by atoms with Crippen LogP contribution in [0.15, 0.2) is 47.5 Å². The van der Waals surface area contributed by atoms with Gasteiger partial charge in [0.2, 0.25) is 11.8 Å². The largest absolute Gasteiger partial charge is 0.488 e. The third kappa shape index (κ3) is 7.82. The Balaban J connectivity index is 1.40. The van der Waals surface area contributed by atoms with E-state index in [1.54, 1.807) is 0 Å². The molecule has 1 aliphatic heterocycles. The van der Waals surface area contributed by atoms with Crippen LogP contribution in [0.5, 0.6) is 5.75 Å². The van der Waals surface area contributed by atoms with Gasteiger partial charge in [-0.1, -0.05) is 45.9 Å². The fourth-order valence-corrected chi connectivity index (χ4v) is 6.62. The minimum atomic E-state index is 0.150. The standard InChI is InChI=1S/C40H52N6O3/c1-8-12-37(47)45(19-10-3)20-18-42-34-17-15-28-22-33-31-16-14-29(21-30(31)25-49-35(33)23-32(28)40(34)41-7)39-27(6)43-36(44-39)24-46(26(5)11-4)38(48)13-9-2/h14-18,21-23,26,41H,8-13,19-20,24-25H2,1-7H3,(H,43,44)/t26-/m0/s1. The molecule has 2 N–H and O–H groups in total. The molecule has 9 nitrogen and oxygen atoms in total. The maximum Gasteiger partial charge on any atom is 0.223 e. The second kappa shape index (κ2) is 16.2. The number of fused-ring (bicyclic) bond motifs is 4. The highest BCUT2D eigenvalue weighted by Crippen LogP contribution is 2.44. The highest BCUT2D eigenvalue weighted by atomic mass is 16.5. The molecule has 1 aromatic heterocycles. The zero-order valence-corrected chi connectivity index (χ0v) is 30.3. The lowest BCUT2D eigenvalue weighted by Crippen LogP contribution is -2.37. The van der Waals surface area contributed by atoms with Crippen molar-refractivity contribution >= 4 is 40.2 Å². The van der Waals surface area contributed by atoms with Crippen LogP contribution < -0.4 is 10.1 Å². The molecular formula is C40H52N6O3. The van der Waals surface area contributed by atoms with Gasteiger partial charge in [0.05, 0.1) is 30.2 Å². The van der Waals surface area contributed by atoms with Crippen molar-refractivity contribution in [1.29, 1.82) is 0 Å². The molecule has 0 saturated carbocycles. The minimum absolute atomic E-state index is 0.150. The summed E-state index contributed by atoms with van der Waals surface area (Å²) in [6.07, 6.45) is 6.43. The number of nitrogens with zero attached hydrogens (tertiary/aromatic N) is 4. The van der Waals surface area contributed by atoms with E-state index in [9.17, 15) is 9.59 Å². The fourth-order valence-electron chi connectivity index (χ4n) is 6.62. The van der Waals surface area contributed by atoms with Gasteiger partial charge in [0.15, 0.2) is 0 Å². The third-order valence-electron chi connectivity index (χ3n) is 9.40. The molecular weight excluding hydrogens is 612 g/mol. The number of rotatable bonds is 15. The van der Waals surface area contributed by atoms with Gasteiger partial charge in [-0.3, -0.25) is 14.6 Å². The number of aryl methyl sites for hydroxylation is 1. The van der Waals surface area contributed by atoms with Crippen molar-refractivity contribution in [2.75, 3.05) is 25.5 Å². The van der Waals surface area contributed by atoms with E-state index >= 15 is 0 Å². The average Bonchev–Trinajstić information content (AvgIpc) is 3.48. The number of anilines is 1. The van der Waals surface area contributed by atoms with Crippen molar-refractivity contribution < 1.29 is 14.3 Å². The molecule has 1 aliphatic rings. The Morgan fingerprint density at radius 3 is 2.51 bits per heavy atom. The number of aliphatic imine (C=N–C) groups is 1. The zero-order chi connectivity index (χ0) is 35.1. The number of carbonyl (C=O) groups excluding carboxylic acids is 2. The van der Waals surface area contributed by atoms with Crippen LogP contribution in [0.4, 0.5) is 11.4 Å². The SMILES string of the molecule is CCCC(=O)N(CC=Nc1ccc2cc3c(cc2c1NC)OCc1cc(-c2nc(CN(C(=O)CCC)[C@@H](C)CC)[nH]c2C)ccc1-3)CCC. The van der Waals surface area contributed by atoms with Crippen LogP contribution in [0.2, 0.25) is 0 Å². The van der Waals surface area contributed by atoms with Gasteiger partial charge in [0.25, 0.3) is 0 Å². The lowest BCUT2D eigenvalue weighted by molar-refractivity contribution is -0.134. The van der Waals surface area contributed by atoms with E-state index in [0.29, 0.717) is 32.5 Å². The number of carbonyl (C=O) groups is 2. The molecule has 2 heterocycles. The predicted octanol–water partition coefficient (Wildman–Crippen LogP) is 8.81. The summed E-state index contributed by atoms with van der Waals surface area (Å²) in [5.74, 6) is 1.98. The van der Waals surface area contributed by atoms with Gasteiger partial charge in [-0.15, -0.1) is 0 Å². The fraction of sp³-hybridized carbons (Fsp3) is 0.450. The second-order valence-corrected chi connectivity index (χ2v) is 13.0. The normalized spacial score (nSPS) is 12.8. The van der Waals surface area contributed by atoms with Crippen LogP contribution >= 0.6 is 0 Å². The van der Waals surface area contributed by atoms with Gasteiger partial charge < -0.3 is 24.8 Å². The van der Waals surface area contributed by atoms with Crippen molar-refractivity contribution in [2.45, 2.75) is 99.3 Å². The van der Waals surface area contributed by atoms with Crippen LogP contribution in [-0.2, 0) is 22.7 Å². The van der Waals surface area contributed by atoms with Crippen LogP contribution in [0, 0.1) is 6.92 Å². The molecule has 3 aromatic carbocycles. The molecule has 0 fully saturated rings. The third-order valence-corrected chi connectivity index (χ3v) is 9.40. The van der Waals surface area contributed by atoms with Crippen LogP contribution in [0.1, 0.15) is 90.2 Å². The van der Waals surface area contributed by atoms with Crippen LogP contribution in [-0.4, -0.2) is 64.0 Å². The maximum absolute atomic E-state index is 12.9. The van der Waals surface area contributed by atoms with Crippen molar-refractivity contribution in [3.05, 3.63) is 59.5 Å². The first-order chi connectivity index (χ1) is 23.7. The molecule has 9 heteroatoms. The van der Waals surface area contributed by atoms with Crippen LogP contribution in [0.25, 0.3) is 33.2 Å². The topological polar surface area (TPSA) is 103 Å². The van der Waals surface area contributed by atoms with Crippen molar-refractivity contribution in [3.8, 4) is 28.1 Å². The number of aromatic amines is 1. The van der Waals surface area contributed by atoms with Crippen LogP contribution in [0.3, 0.4) is 0 Å². The lowest BCUT2D eigenvalue weighted by atomic mass is 9.92. The van der Waals surface area contributed by atoms with E-state index in [2.05, 4.69) is 67.5 Å². The Morgan fingerprint density at radius 1 is 1.02 bits per heavy atom. The molecule has 0 unspecified atom stereocenters. The lowest BCUT2D eigenvalue weighted by Gasteiger charge is -2.27.